The largest absolute Gasteiger partial charge is 0.370 e. The van der Waals surface area contributed by atoms with Gasteiger partial charge in [0.2, 0.25) is 0 Å². The van der Waals surface area contributed by atoms with Gasteiger partial charge in [-0.1, -0.05) is 0 Å². The zero-order valence-electron chi connectivity index (χ0n) is 12.7. The van der Waals surface area contributed by atoms with E-state index in [2.05, 4.69) is 19.9 Å². The average Bonchev–Trinajstić information content (AvgIpc) is 3.11. The molecular formula is C13H25IN6. The number of halogens is 1. The minimum absolute atomic E-state index is 0. The van der Waals surface area contributed by atoms with E-state index in [0.29, 0.717) is 18.5 Å². The van der Waals surface area contributed by atoms with Gasteiger partial charge in [0.25, 0.3) is 0 Å². The van der Waals surface area contributed by atoms with Gasteiger partial charge in [0, 0.05) is 31.9 Å². The van der Waals surface area contributed by atoms with Crippen LogP contribution in [0.2, 0.25) is 0 Å². The van der Waals surface area contributed by atoms with Crippen molar-refractivity contribution in [3.8, 4) is 0 Å². The third kappa shape index (κ3) is 4.34. The Kier molecular flexibility index (Phi) is 6.25. The lowest BCUT2D eigenvalue weighted by molar-refractivity contribution is 0.305. The molecule has 114 valence electrons. The number of guanidine groups is 1. The number of aliphatic imine (C=N–C) groups is 1. The molecule has 1 heterocycles. The summed E-state index contributed by atoms with van der Waals surface area (Å²) in [6.45, 7) is 0.654. The lowest BCUT2D eigenvalue weighted by atomic mass is 10.1. The maximum atomic E-state index is 6.03. The molecule has 0 bridgehead atoms. The van der Waals surface area contributed by atoms with Crippen molar-refractivity contribution in [2.45, 2.75) is 24.9 Å². The second-order valence-corrected chi connectivity index (χ2v) is 5.47. The zero-order valence-corrected chi connectivity index (χ0v) is 15.0. The molecule has 0 spiro atoms. The van der Waals surface area contributed by atoms with Crippen molar-refractivity contribution < 1.29 is 0 Å². The molecule has 1 unspecified atom stereocenters. The van der Waals surface area contributed by atoms with Gasteiger partial charge in [-0.25, -0.2) is 0 Å². The standard InChI is InChI=1S/C13H24N6.HI/c1-17(2)12(10-7-16-18(3)9-10)8-15-13(14)19(4)11-5-6-11;/h7,9,11-12H,5-6,8H2,1-4H3,(H2,14,15);1H. The van der Waals surface area contributed by atoms with Gasteiger partial charge in [-0.05, 0) is 26.9 Å². The van der Waals surface area contributed by atoms with Gasteiger partial charge in [0.05, 0.1) is 18.8 Å². The molecule has 1 aliphatic rings. The monoisotopic (exact) mass is 392 g/mol. The fourth-order valence-corrected chi connectivity index (χ4v) is 2.12. The van der Waals surface area contributed by atoms with Crippen molar-refractivity contribution in [3.05, 3.63) is 18.0 Å². The molecule has 7 heteroatoms. The molecule has 2 N–H and O–H groups in total. The van der Waals surface area contributed by atoms with Crippen molar-refractivity contribution in [2.75, 3.05) is 27.7 Å². The highest BCUT2D eigenvalue weighted by atomic mass is 127. The SMILES string of the molecule is CN(C)C(CN=C(N)N(C)C1CC1)c1cnn(C)c1.I. The second kappa shape index (κ2) is 7.26. The fourth-order valence-electron chi connectivity index (χ4n) is 2.12. The summed E-state index contributed by atoms with van der Waals surface area (Å²) in [5.74, 6) is 0.637. The fraction of sp³-hybridized carbons (Fsp3) is 0.692. The number of aromatic nitrogens is 2. The van der Waals surface area contributed by atoms with E-state index in [1.165, 1.54) is 12.8 Å². The maximum Gasteiger partial charge on any atom is 0.191 e. The Hall–Kier alpha value is -0.830. The van der Waals surface area contributed by atoms with Crippen LogP contribution >= 0.6 is 24.0 Å². The van der Waals surface area contributed by atoms with Gasteiger partial charge in [-0.3, -0.25) is 9.67 Å². The van der Waals surface area contributed by atoms with Gasteiger partial charge < -0.3 is 15.5 Å². The van der Waals surface area contributed by atoms with E-state index >= 15 is 0 Å². The van der Waals surface area contributed by atoms with Crippen LogP contribution in [0.4, 0.5) is 0 Å². The molecule has 1 aromatic rings. The summed E-state index contributed by atoms with van der Waals surface area (Å²) >= 11 is 0. The Balaban J connectivity index is 0.00000200. The van der Waals surface area contributed by atoms with E-state index < -0.39 is 0 Å². The van der Waals surface area contributed by atoms with Gasteiger partial charge in [0.1, 0.15) is 0 Å². The molecule has 20 heavy (non-hydrogen) atoms. The third-order valence-corrected chi connectivity index (χ3v) is 3.62. The summed E-state index contributed by atoms with van der Waals surface area (Å²) in [5, 5.41) is 4.22. The smallest absolute Gasteiger partial charge is 0.191 e. The highest BCUT2D eigenvalue weighted by molar-refractivity contribution is 14.0. The molecule has 0 radical (unpaired) electrons. The predicted molar refractivity (Wildman–Crippen MR) is 92.3 cm³/mol. The van der Waals surface area contributed by atoms with Crippen molar-refractivity contribution in [1.82, 2.24) is 19.6 Å². The van der Waals surface area contributed by atoms with Crippen LogP contribution in [0.1, 0.15) is 24.4 Å². The minimum atomic E-state index is 0. The highest BCUT2D eigenvalue weighted by Gasteiger charge is 2.27. The Labute approximate surface area is 138 Å². The number of nitrogens with zero attached hydrogens (tertiary/aromatic N) is 5. The van der Waals surface area contributed by atoms with Crippen LogP contribution in [0.3, 0.4) is 0 Å². The van der Waals surface area contributed by atoms with E-state index in [-0.39, 0.29) is 30.0 Å². The van der Waals surface area contributed by atoms with Gasteiger partial charge in [0.15, 0.2) is 5.96 Å². The van der Waals surface area contributed by atoms with Gasteiger partial charge in [-0.2, -0.15) is 5.10 Å². The maximum absolute atomic E-state index is 6.03. The molecule has 0 aromatic carbocycles. The summed E-state index contributed by atoms with van der Waals surface area (Å²) in [6.07, 6.45) is 6.38. The topological polar surface area (TPSA) is 62.7 Å². The number of aryl methyl sites for hydroxylation is 1. The first-order chi connectivity index (χ1) is 8.99. The Morgan fingerprint density at radius 2 is 2.15 bits per heavy atom. The first kappa shape index (κ1) is 17.2. The third-order valence-electron chi connectivity index (χ3n) is 3.62. The first-order valence-electron chi connectivity index (χ1n) is 6.66. The number of rotatable bonds is 5. The van der Waals surface area contributed by atoms with E-state index in [9.17, 15) is 0 Å². The number of hydrogen-bond donors (Lipinski definition) is 1. The van der Waals surface area contributed by atoms with E-state index in [1.54, 1.807) is 0 Å². The molecule has 0 saturated heterocycles. The molecule has 0 amide bonds. The lowest BCUT2D eigenvalue weighted by Crippen LogP contribution is -2.36. The summed E-state index contributed by atoms with van der Waals surface area (Å²) in [5.41, 5.74) is 7.19. The molecule has 1 saturated carbocycles. The van der Waals surface area contributed by atoms with Gasteiger partial charge in [-0.15, -0.1) is 24.0 Å². The van der Waals surface area contributed by atoms with Crippen molar-refractivity contribution in [3.63, 3.8) is 0 Å². The highest BCUT2D eigenvalue weighted by Crippen LogP contribution is 2.25. The number of likely N-dealkylation sites (N-methyl/N-ethyl adjacent to an activating group) is 1. The Bertz CT molecular complexity index is 451. The lowest BCUT2D eigenvalue weighted by Gasteiger charge is -2.23. The van der Waals surface area contributed by atoms with Crippen LogP contribution in [-0.2, 0) is 7.05 Å². The van der Waals surface area contributed by atoms with Crippen LogP contribution in [0.25, 0.3) is 0 Å². The average molecular weight is 392 g/mol. The zero-order chi connectivity index (χ0) is 14.0. The van der Waals surface area contributed by atoms with Crippen molar-refractivity contribution in [2.24, 2.45) is 17.8 Å². The van der Waals surface area contributed by atoms with Gasteiger partial charge >= 0.3 is 0 Å². The number of nitrogens with two attached hydrogens (primary N) is 1. The molecule has 1 aliphatic carbocycles. The van der Waals surface area contributed by atoms with E-state index in [1.807, 2.05) is 45.3 Å². The molecule has 0 aliphatic heterocycles. The molecular weight excluding hydrogens is 367 g/mol. The van der Waals surface area contributed by atoms with Crippen LogP contribution in [-0.4, -0.2) is 59.3 Å². The van der Waals surface area contributed by atoms with Crippen molar-refractivity contribution in [1.29, 1.82) is 0 Å². The minimum Gasteiger partial charge on any atom is -0.370 e. The Morgan fingerprint density at radius 3 is 2.60 bits per heavy atom. The Morgan fingerprint density at radius 1 is 1.50 bits per heavy atom. The molecule has 1 aromatic heterocycles. The van der Waals surface area contributed by atoms with Crippen LogP contribution in [0, 0.1) is 0 Å². The van der Waals surface area contributed by atoms with Crippen molar-refractivity contribution >= 4 is 29.9 Å². The van der Waals surface area contributed by atoms with Crippen LogP contribution in [0.15, 0.2) is 17.4 Å². The van der Waals surface area contributed by atoms with E-state index in [0.717, 1.165) is 5.56 Å². The molecule has 2 rings (SSSR count). The summed E-state index contributed by atoms with van der Waals surface area (Å²) in [7, 11) is 8.04. The predicted octanol–water partition coefficient (Wildman–Crippen LogP) is 1.05. The molecule has 6 nitrogen and oxygen atoms in total. The van der Waals surface area contributed by atoms with Crippen LogP contribution in [0.5, 0.6) is 0 Å². The summed E-state index contributed by atoms with van der Waals surface area (Å²) in [4.78, 5) is 8.76. The second-order valence-electron chi connectivity index (χ2n) is 5.47. The number of hydrogen-bond acceptors (Lipinski definition) is 3. The summed E-state index contributed by atoms with van der Waals surface area (Å²) in [6, 6.07) is 0.805. The normalized spacial score (nSPS) is 16.9. The van der Waals surface area contributed by atoms with Crippen LogP contribution < -0.4 is 5.73 Å². The summed E-state index contributed by atoms with van der Waals surface area (Å²) < 4.78 is 1.81. The quantitative estimate of drug-likeness (QED) is 0.462. The first-order valence-corrected chi connectivity index (χ1v) is 6.66. The molecule has 1 atom stereocenters. The molecule has 1 fully saturated rings. The van der Waals surface area contributed by atoms with E-state index in [4.69, 9.17) is 5.73 Å².